The lowest BCUT2D eigenvalue weighted by molar-refractivity contribution is 0.170. The van der Waals surface area contributed by atoms with E-state index in [1.165, 1.54) is 12.7 Å². The summed E-state index contributed by atoms with van der Waals surface area (Å²) in [4.78, 5) is 17.5. The van der Waals surface area contributed by atoms with Gasteiger partial charge >= 0.3 is 0 Å². The van der Waals surface area contributed by atoms with Crippen LogP contribution in [0.15, 0.2) is 72.4 Å². The summed E-state index contributed by atoms with van der Waals surface area (Å²) in [5.41, 5.74) is 3.46. The molecule has 0 spiro atoms. The summed E-state index contributed by atoms with van der Waals surface area (Å²) in [5, 5.41) is 21.0. The Labute approximate surface area is 211 Å². The molecule has 1 aliphatic heterocycles. The lowest BCUT2D eigenvalue weighted by Gasteiger charge is -2.13. The second kappa shape index (κ2) is 9.03. The van der Waals surface area contributed by atoms with Crippen LogP contribution in [0.3, 0.4) is 0 Å². The van der Waals surface area contributed by atoms with Crippen molar-refractivity contribution in [1.29, 1.82) is 0 Å². The van der Waals surface area contributed by atoms with Crippen LogP contribution in [0.1, 0.15) is 12.5 Å². The molecule has 0 saturated heterocycles. The maximum atomic E-state index is 9.51. The van der Waals surface area contributed by atoms with Gasteiger partial charge in [0, 0.05) is 29.0 Å². The van der Waals surface area contributed by atoms with E-state index in [0.29, 0.717) is 29.8 Å². The second-order valence-electron chi connectivity index (χ2n) is 9.07. The fraction of sp³-hybridized carbons (Fsp3) is 0.192. The van der Waals surface area contributed by atoms with E-state index in [0.717, 1.165) is 33.6 Å². The number of ether oxygens (including phenoxy) is 2. The molecule has 3 N–H and O–H groups in total. The van der Waals surface area contributed by atoms with Crippen LogP contribution < -0.4 is 15.4 Å². The number of pyridine rings is 1. The van der Waals surface area contributed by atoms with Crippen LogP contribution in [-0.4, -0.2) is 54.4 Å². The van der Waals surface area contributed by atoms with E-state index in [1.807, 2.05) is 68.6 Å². The molecule has 4 heterocycles. The topological polar surface area (TPSA) is 131 Å². The molecule has 0 saturated carbocycles. The van der Waals surface area contributed by atoms with E-state index in [9.17, 15) is 5.11 Å². The van der Waals surface area contributed by atoms with Gasteiger partial charge in [0.25, 0.3) is 6.02 Å². The SMILES string of the molecule is Cc1cc(Nc2ncnc3ccc(NC4=NC(C)(CO)CO4)cc23)ccc1Oc1ccn2ncnc2c1. The van der Waals surface area contributed by atoms with Gasteiger partial charge in [0.15, 0.2) is 5.65 Å². The first-order chi connectivity index (χ1) is 18.0. The Kier molecular flexibility index (Phi) is 5.53. The number of hydrogen-bond acceptors (Lipinski definition) is 10. The molecule has 186 valence electrons. The van der Waals surface area contributed by atoms with E-state index < -0.39 is 5.54 Å². The van der Waals surface area contributed by atoms with Crippen LogP contribution in [0.4, 0.5) is 17.2 Å². The molecule has 0 radical (unpaired) electrons. The van der Waals surface area contributed by atoms with Gasteiger partial charge in [0.2, 0.25) is 0 Å². The first-order valence-corrected chi connectivity index (χ1v) is 11.7. The van der Waals surface area contributed by atoms with Crippen LogP contribution in [0.2, 0.25) is 0 Å². The largest absolute Gasteiger partial charge is 0.462 e. The van der Waals surface area contributed by atoms with E-state index >= 15 is 0 Å². The van der Waals surface area contributed by atoms with Crippen molar-refractivity contribution in [2.45, 2.75) is 19.4 Å². The Morgan fingerprint density at radius 3 is 2.73 bits per heavy atom. The summed E-state index contributed by atoms with van der Waals surface area (Å²) in [6, 6.07) is 15.6. The molecule has 0 bridgehead atoms. The zero-order chi connectivity index (χ0) is 25.4. The summed E-state index contributed by atoms with van der Waals surface area (Å²) in [7, 11) is 0. The summed E-state index contributed by atoms with van der Waals surface area (Å²) in [6.07, 6.45) is 4.84. The molecule has 2 aromatic carbocycles. The number of fused-ring (bicyclic) bond motifs is 2. The fourth-order valence-electron chi connectivity index (χ4n) is 4.00. The standard InChI is InChI=1S/C26H24N8O3/c1-16-9-17(4-6-22(16)37-19-7-8-34-23(11-19)28-15-30-34)31-24-20-10-18(3-5-21(20)27-14-29-24)32-25-33-26(2,12-35)13-36-25/h3-11,14-15,35H,12-13H2,1-2H3,(H,32,33)(H,27,29,31). The number of nitrogens with one attached hydrogen (secondary N) is 2. The first kappa shape index (κ1) is 22.7. The molecule has 1 aliphatic rings. The lowest BCUT2D eigenvalue weighted by atomic mass is 10.1. The minimum absolute atomic E-state index is 0.0851. The van der Waals surface area contributed by atoms with Crippen molar-refractivity contribution in [3.8, 4) is 11.5 Å². The molecule has 5 aromatic rings. The highest BCUT2D eigenvalue weighted by Crippen LogP contribution is 2.31. The minimum Gasteiger partial charge on any atom is -0.462 e. The van der Waals surface area contributed by atoms with Gasteiger partial charge in [-0.15, -0.1) is 0 Å². The highest BCUT2D eigenvalue weighted by Gasteiger charge is 2.31. The molecule has 11 nitrogen and oxygen atoms in total. The molecule has 0 fully saturated rings. The molecule has 0 aliphatic carbocycles. The molecule has 3 aromatic heterocycles. The third kappa shape index (κ3) is 4.59. The molecular weight excluding hydrogens is 472 g/mol. The number of aliphatic imine (C=N–C) groups is 1. The number of hydrogen-bond donors (Lipinski definition) is 3. The predicted octanol–water partition coefficient (Wildman–Crippen LogP) is 4.07. The van der Waals surface area contributed by atoms with Crippen molar-refractivity contribution in [3.05, 3.63) is 72.9 Å². The normalized spacial score (nSPS) is 17.0. The quantitative estimate of drug-likeness (QED) is 0.318. The number of amidine groups is 1. The molecule has 1 atom stereocenters. The van der Waals surface area contributed by atoms with Gasteiger partial charge in [0.1, 0.15) is 42.1 Å². The number of nitrogens with zero attached hydrogens (tertiary/aromatic N) is 6. The number of benzene rings is 2. The first-order valence-electron chi connectivity index (χ1n) is 11.7. The van der Waals surface area contributed by atoms with Crippen LogP contribution in [0, 0.1) is 6.92 Å². The summed E-state index contributed by atoms with van der Waals surface area (Å²) >= 11 is 0. The maximum absolute atomic E-state index is 9.51. The van der Waals surface area contributed by atoms with Crippen molar-refractivity contribution in [2.24, 2.45) is 4.99 Å². The summed E-state index contributed by atoms with van der Waals surface area (Å²) in [6.45, 7) is 4.06. The Bertz CT molecular complexity index is 1650. The number of aryl methyl sites for hydroxylation is 1. The Hall–Kier alpha value is -4.77. The number of rotatable bonds is 6. The Morgan fingerprint density at radius 2 is 1.89 bits per heavy atom. The van der Waals surface area contributed by atoms with Crippen molar-refractivity contribution < 1.29 is 14.6 Å². The molecular formula is C26H24N8O3. The van der Waals surface area contributed by atoms with E-state index in [-0.39, 0.29) is 6.61 Å². The number of aromatic nitrogens is 5. The summed E-state index contributed by atoms with van der Waals surface area (Å²) in [5.74, 6) is 2.08. The van der Waals surface area contributed by atoms with Gasteiger partial charge in [0.05, 0.1) is 12.1 Å². The highest BCUT2D eigenvalue weighted by molar-refractivity contribution is 5.97. The highest BCUT2D eigenvalue weighted by atomic mass is 16.5. The zero-order valence-corrected chi connectivity index (χ0v) is 20.2. The second-order valence-corrected chi connectivity index (χ2v) is 9.07. The van der Waals surface area contributed by atoms with Gasteiger partial charge in [-0.25, -0.2) is 24.5 Å². The van der Waals surface area contributed by atoms with Crippen LogP contribution >= 0.6 is 0 Å². The third-order valence-electron chi connectivity index (χ3n) is 6.04. The number of aliphatic hydroxyl groups is 1. The van der Waals surface area contributed by atoms with Crippen LogP contribution in [0.5, 0.6) is 11.5 Å². The smallest absolute Gasteiger partial charge is 0.290 e. The third-order valence-corrected chi connectivity index (χ3v) is 6.04. The van der Waals surface area contributed by atoms with Gasteiger partial charge in [-0.2, -0.15) is 5.10 Å². The molecule has 37 heavy (non-hydrogen) atoms. The van der Waals surface area contributed by atoms with Gasteiger partial charge in [-0.1, -0.05) is 0 Å². The van der Waals surface area contributed by atoms with Crippen molar-refractivity contribution in [1.82, 2.24) is 24.6 Å². The monoisotopic (exact) mass is 496 g/mol. The number of anilines is 3. The fourth-order valence-corrected chi connectivity index (χ4v) is 4.00. The molecule has 1 unspecified atom stereocenters. The van der Waals surface area contributed by atoms with E-state index in [2.05, 4.69) is 35.7 Å². The zero-order valence-electron chi connectivity index (χ0n) is 20.2. The Balaban J connectivity index is 1.23. The molecule has 6 rings (SSSR count). The average Bonchev–Trinajstić information content (AvgIpc) is 3.52. The maximum Gasteiger partial charge on any atom is 0.290 e. The van der Waals surface area contributed by atoms with Crippen molar-refractivity contribution in [3.63, 3.8) is 0 Å². The predicted molar refractivity (Wildman–Crippen MR) is 140 cm³/mol. The molecule has 0 amide bonds. The van der Waals surface area contributed by atoms with E-state index in [4.69, 9.17) is 9.47 Å². The van der Waals surface area contributed by atoms with Crippen LogP contribution in [-0.2, 0) is 4.74 Å². The number of aliphatic hydroxyl groups excluding tert-OH is 1. The van der Waals surface area contributed by atoms with Gasteiger partial charge in [-0.05, 0) is 61.9 Å². The van der Waals surface area contributed by atoms with Gasteiger partial charge < -0.3 is 25.2 Å². The lowest BCUT2D eigenvalue weighted by Crippen LogP contribution is -2.28. The Morgan fingerprint density at radius 1 is 1.03 bits per heavy atom. The van der Waals surface area contributed by atoms with Gasteiger partial charge in [-0.3, -0.25) is 0 Å². The van der Waals surface area contributed by atoms with Crippen LogP contribution in [0.25, 0.3) is 16.6 Å². The average molecular weight is 497 g/mol. The molecule has 11 heteroatoms. The summed E-state index contributed by atoms with van der Waals surface area (Å²) < 4.78 is 13.4. The van der Waals surface area contributed by atoms with Crippen molar-refractivity contribution in [2.75, 3.05) is 23.8 Å². The van der Waals surface area contributed by atoms with Crippen molar-refractivity contribution >= 4 is 39.8 Å². The van der Waals surface area contributed by atoms with E-state index in [1.54, 1.807) is 4.52 Å². The minimum atomic E-state index is -0.633.